The highest BCUT2D eigenvalue weighted by Gasteiger charge is 2.30. The second-order valence-electron chi connectivity index (χ2n) is 8.06. The molecule has 11 nitrogen and oxygen atoms in total. The first kappa shape index (κ1) is 29.2. The maximum absolute atomic E-state index is 13.2. The van der Waals surface area contributed by atoms with E-state index in [4.69, 9.17) is 5.73 Å². The van der Waals surface area contributed by atoms with E-state index in [0.717, 1.165) is 5.56 Å². The van der Waals surface area contributed by atoms with Crippen LogP contribution in [0.3, 0.4) is 0 Å². The number of amides is 3. The van der Waals surface area contributed by atoms with Gasteiger partial charge in [0, 0.05) is 30.5 Å². The molecule has 13 heteroatoms. The van der Waals surface area contributed by atoms with Gasteiger partial charge in [-0.1, -0.05) is 30.3 Å². The van der Waals surface area contributed by atoms with Gasteiger partial charge in [0.25, 0.3) is 0 Å². The molecule has 0 radical (unpaired) electrons. The van der Waals surface area contributed by atoms with Crippen molar-refractivity contribution in [2.24, 2.45) is 5.73 Å². The van der Waals surface area contributed by atoms with Gasteiger partial charge in [0.15, 0.2) is 0 Å². The summed E-state index contributed by atoms with van der Waals surface area (Å²) in [4.78, 5) is 57.3. The zero-order valence-corrected chi connectivity index (χ0v) is 21.6. The van der Waals surface area contributed by atoms with Crippen molar-refractivity contribution >= 4 is 48.1 Å². The van der Waals surface area contributed by atoms with Gasteiger partial charge >= 0.3 is 5.97 Å². The lowest BCUT2D eigenvalue weighted by Gasteiger charge is -2.25. The number of hydrogen-bond donors (Lipinski definition) is 7. The first-order chi connectivity index (χ1) is 17.2. The third kappa shape index (κ3) is 9.55. The van der Waals surface area contributed by atoms with Crippen LogP contribution in [-0.4, -0.2) is 80.7 Å². The quantitative estimate of drug-likeness (QED) is 0.152. The van der Waals surface area contributed by atoms with Gasteiger partial charge in [0.05, 0.1) is 12.4 Å². The van der Waals surface area contributed by atoms with Gasteiger partial charge < -0.3 is 31.8 Å². The minimum absolute atomic E-state index is 0.0363. The average molecular weight is 537 g/mol. The Labute approximate surface area is 219 Å². The van der Waals surface area contributed by atoms with Crippen LogP contribution in [0, 0.1) is 0 Å². The van der Waals surface area contributed by atoms with Crippen molar-refractivity contribution < 1.29 is 24.3 Å². The normalized spacial score (nSPS) is 14.2. The summed E-state index contributed by atoms with van der Waals surface area (Å²) < 4.78 is 0. The highest BCUT2D eigenvalue weighted by atomic mass is 32.2. The van der Waals surface area contributed by atoms with E-state index in [2.05, 4.69) is 38.5 Å². The average Bonchev–Trinajstić information content (AvgIpc) is 3.38. The molecule has 1 heterocycles. The number of nitrogens with one attached hydrogen (secondary N) is 4. The van der Waals surface area contributed by atoms with Gasteiger partial charge in [-0.15, -0.1) is 0 Å². The number of nitrogens with two attached hydrogens (primary N) is 1. The summed E-state index contributed by atoms with van der Waals surface area (Å²) in [6.07, 6.45) is 5.21. The van der Waals surface area contributed by atoms with Crippen LogP contribution in [0.1, 0.15) is 17.7 Å². The number of nitrogens with zero attached hydrogens (tertiary/aromatic N) is 1. The number of aromatic amines is 1. The van der Waals surface area contributed by atoms with Crippen LogP contribution >= 0.6 is 24.4 Å². The standard InChI is InChI=1S/C23H32N6O5S2/c1-36-8-7-17(27-20(30)16(24)12-35)21(31)28-18(10-15-11-25-13-26-15)22(32)29-19(23(33)34)9-14-5-3-2-4-6-14/h2-6,11,13,16-19,35H,7-10,12,24H2,1H3,(H,25,26)(H,27,30)(H,28,31)(H,29,32)(H,33,34). The Morgan fingerprint density at radius 2 is 1.67 bits per heavy atom. The first-order valence-corrected chi connectivity index (χ1v) is 13.3. The Hall–Kier alpha value is -3.03. The predicted octanol–water partition coefficient (Wildman–Crippen LogP) is -0.256. The topological polar surface area (TPSA) is 179 Å². The van der Waals surface area contributed by atoms with Crippen LogP contribution in [0.4, 0.5) is 0 Å². The van der Waals surface area contributed by atoms with Crippen molar-refractivity contribution in [3.8, 4) is 0 Å². The first-order valence-electron chi connectivity index (χ1n) is 11.3. The van der Waals surface area contributed by atoms with Crippen molar-refractivity contribution in [1.82, 2.24) is 25.9 Å². The molecule has 196 valence electrons. The summed E-state index contributed by atoms with van der Waals surface area (Å²) in [6.45, 7) is 0. The minimum Gasteiger partial charge on any atom is -0.480 e. The molecular formula is C23H32N6O5S2. The summed E-state index contributed by atoms with van der Waals surface area (Å²) in [5.41, 5.74) is 7.02. The summed E-state index contributed by atoms with van der Waals surface area (Å²) in [5.74, 6) is -2.32. The Bertz CT molecular complexity index is 992. The molecule has 4 unspecified atom stereocenters. The molecule has 0 saturated heterocycles. The van der Waals surface area contributed by atoms with E-state index in [1.165, 1.54) is 24.3 Å². The number of hydrogen-bond acceptors (Lipinski definition) is 8. The number of thiol groups is 1. The van der Waals surface area contributed by atoms with Gasteiger partial charge in [-0.3, -0.25) is 14.4 Å². The van der Waals surface area contributed by atoms with E-state index in [9.17, 15) is 24.3 Å². The van der Waals surface area contributed by atoms with Crippen LogP contribution in [0.5, 0.6) is 0 Å². The SMILES string of the molecule is CSCCC(NC(=O)C(N)CS)C(=O)NC(Cc1cnc[nH]1)C(=O)NC(Cc1ccccc1)C(=O)O. The summed E-state index contributed by atoms with van der Waals surface area (Å²) in [7, 11) is 0. The van der Waals surface area contributed by atoms with E-state index in [1.807, 2.05) is 12.3 Å². The fourth-order valence-electron chi connectivity index (χ4n) is 3.29. The number of aliphatic carboxylic acids is 1. The number of carboxylic acids is 1. The second-order valence-corrected chi connectivity index (χ2v) is 9.41. The van der Waals surface area contributed by atoms with Crippen LogP contribution in [0.15, 0.2) is 42.9 Å². The number of aromatic nitrogens is 2. The highest BCUT2D eigenvalue weighted by molar-refractivity contribution is 7.98. The summed E-state index contributed by atoms with van der Waals surface area (Å²) in [5, 5.41) is 17.5. The maximum atomic E-state index is 13.2. The number of rotatable bonds is 15. The molecule has 4 atom stereocenters. The van der Waals surface area contributed by atoms with Crippen molar-refractivity contribution in [2.75, 3.05) is 17.8 Å². The largest absolute Gasteiger partial charge is 0.480 e. The van der Waals surface area contributed by atoms with Crippen LogP contribution < -0.4 is 21.7 Å². The molecule has 2 aromatic rings. The monoisotopic (exact) mass is 536 g/mol. The van der Waals surface area contributed by atoms with Gasteiger partial charge in [-0.25, -0.2) is 9.78 Å². The van der Waals surface area contributed by atoms with Crippen LogP contribution in [0.25, 0.3) is 0 Å². The zero-order chi connectivity index (χ0) is 26.5. The summed E-state index contributed by atoms with van der Waals surface area (Å²) in [6, 6.07) is 4.73. The van der Waals surface area contributed by atoms with E-state index < -0.39 is 47.9 Å². The van der Waals surface area contributed by atoms with Crippen LogP contribution in [0.2, 0.25) is 0 Å². The van der Waals surface area contributed by atoms with E-state index in [-0.39, 0.29) is 18.6 Å². The number of carbonyl (C=O) groups excluding carboxylic acids is 3. The molecule has 0 aliphatic carbocycles. The van der Waals surface area contributed by atoms with Crippen molar-refractivity contribution in [3.63, 3.8) is 0 Å². The van der Waals surface area contributed by atoms with Gasteiger partial charge in [0.2, 0.25) is 17.7 Å². The lowest BCUT2D eigenvalue weighted by molar-refractivity contribution is -0.142. The molecule has 1 aromatic carbocycles. The fourth-order valence-corrected chi connectivity index (χ4v) is 3.92. The molecule has 0 aliphatic heterocycles. The van der Waals surface area contributed by atoms with Crippen molar-refractivity contribution in [2.45, 2.75) is 43.4 Å². The number of carbonyl (C=O) groups is 4. The van der Waals surface area contributed by atoms with Crippen molar-refractivity contribution in [3.05, 3.63) is 54.1 Å². The Kier molecular flexibility index (Phi) is 12.3. The second kappa shape index (κ2) is 15.2. The molecule has 2 rings (SSSR count). The molecule has 3 amide bonds. The lowest BCUT2D eigenvalue weighted by atomic mass is 10.0. The molecule has 7 N–H and O–H groups in total. The lowest BCUT2D eigenvalue weighted by Crippen LogP contribution is -2.58. The molecule has 0 bridgehead atoms. The molecule has 0 fully saturated rings. The zero-order valence-electron chi connectivity index (χ0n) is 19.8. The molecular weight excluding hydrogens is 504 g/mol. The molecule has 0 spiro atoms. The van der Waals surface area contributed by atoms with E-state index in [1.54, 1.807) is 24.3 Å². The number of H-pyrrole nitrogens is 1. The molecule has 0 saturated carbocycles. The smallest absolute Gasteiger partial charge is 0.326 e. The van der Waals surface area contributed by atoms with Crippen LogP contribution in [-0.2, 0) is 32.0 Å². The molecule has 1 aromatic heterocycles. The Morgan fingerprint density at radius 1 is 1.03 bits per heavy atom. The number of thioether (sulfide) groups is 1. The number of imidazole rings is 1. The number of benzene rings is 1. The Balaban J connectivity index is 2.19. The van der Waals surface area contributed by atoms with Gasteiger partial charge in [-0.05, 0) is 24.0 Å². The predicted molar refractivity (Wildman–Crippen MR) is 141 cm³/mol. The molecule has 0 aliphatic rings. The number of carboxylic acid groups (broad SMARTS) is 1. The third-order valence-electron chi connectivity index (χ3n) is 5.29. The minimum atomic E-state index is -1.21. The van der Waals surface area contributed by atoms with E-state index in [0.29, 0.717) is 17.9 Å². The third-order valence-corrected chi connectivity index (χ3v) is 6.32. The summed E-state index contributed by atoms with van der Waals surface area (Å²) >= 11 is 5.51. The fraction of sp³-hybridized carbons (Fsp3) is 0.435. The maximum Gasteiger partial charge on any atom is 0.326 e. The van der Waals surface area contributed by atoms with Gasteiger partial charge in [0.1, 0.15) is 18.1 Å². The molecule has 36 heavy (non-hydrogen) atoms. The van der Waals surface area contributed by atoms with Crippen molar-refractivity contribution in [1.29, 1.82) is 0 Å². The van der Waals surface area contributed by atoms with Gasteiger partial charge in [-0.2, -0.15) is 24.4 Å². The Morgan fingerprint density at radius 3 is 2.25 bits per heavy atom. The van der Waals surface area contributed by atoms with E-state index >= 15 is 0 Å². The highest BCUT2D eigenvalue weighted by Crippen LogP contribution is 2.07.